The van der Waals surface area contributed by atoms with Crippen molar-refractivity contribution in [2.75, 3.05) is 0 Å². The van der Waals surface area contributed by atoms with E-state index in [9.17, 15) is 2.74 Å². The van der Waals surface area contributed by atoms with Gasteiger partial charge < -0.3 is 4.57 Å². The molecule has 0 fully saturated rings. The van der Waals surface area contributed by atoms with E-state index in [2.05, 4.69) is 97.1 Å². The standard InChI is InChI=1S/C57H36N4S/c1-3-17-37(18-4-1)41-34-42(38-19-5-2-6-20-38)36-43(35-41)56-58-55(40-22-15-21-39(33-40)44-27-16-28-48-47-25-10-14-32-53(47)62-54(44)48)59-57(60-56)49-26-9-13-31-52(49)61-50-29-11-7-23-45(50)46-24-8-12-30-51(46)61/h1-36H/i7D,8D,11D,23D,24D,29D,30D. The van der Waals surface area contributed by atoms with E-state index in [4.69, 9.17) is 21.8 Å². The minimum Gasteiger partial charge on any atom is -0.309 e. The largest absolute Gasteiger partial charge is 0.309 e. The molecule has 5 heteroatoms. The molecule has 3 aromatic heterocycles. The molecule has 3 heterocycles. The molecule has 0 amide bonds. The van der Waals surface area contributed by atoms with E-state index in [1.807, 2.05) is 66.7 Å². The quantitative estimate of drug-likeness (QED) is 0.161. The normalized spacial score (nSPS) is 13.1. The molecule has 0 aliphatic heterocycles. The molecule has 0 radical (unpaired) electrons. The highest BCUT2D eigenvalue weighted by Crippen LogP contribution is 2.42. The summed E-state index contributed by atoms with van der Waals surface area (Å²) in [6.45, 7) is 0. The monoisotopic (exact) mass is 815 g/mol. The summed E-state index contributed by atoms with van der Waals surface area (Å²) in [4.78, 5) is 15.8. The SMILES string of the molecule is [2H]c1cc([2H])c2c(c1[2H])c1c([2H])c([2H])c([2H])c([2H])c1n2-c1ccccc1-c1nc(-c2cc(-c3ccccc3)cc(-c3ccccc3)c2)nc(-c2cccc(-c3cccc4c3sc3ccccc34)c2)n1. The van der Waals surface area contributed by atoms with E-state index < -0.39 is 12.1 Å². The Labute approximate surface area is 372 Å². The number of benzene rings is 9. The van der Waals surface area contributed by atoms with Crippen LogP contribution in [0.3, 0.4) is 0 Å². The summed E-state index contributed by atoms with van der Waals surface area (Å²) in [5.74, 6) is 1.08. The second-order valence-corrected chi connectivity index (χ2v) is 16.1. The molecule has 62 heavy (non-hydrogen) atoms. The van der Waals surface area contributed by atoms with Gasteiger partial charge in [-0.2, -0.15) is 0 Å². The van der Waals surface area contributed by atoms with Gasteiger partial charge in [0.15, 0.2) is 17.5 Å². The summed E-state index contributed by atoms with van der Waals surface area (Å²) in [6.07, 6.45) is 0. The fourth-order valence-electron chi connectivity index (χ4n) is 8.47. The minimum atomic E-state index is -0.466. The van der Waals surface area contributed by atoms with Crippen LogP contribution in [0.4, 0.5) is 0 Å². The van der Waals surface area contributed by atoms with Crippen LogP contribution in [0.1, 0.15) is 9.60 Å². The average Bonchev–Trinajstić information content (AvgIpc) is 3.97. The zero-order valence-corrected chi connectivity index (χ0v) is 33.8. The number of fused-ring (bicyclic) bond motifs is 6. The summed E-state index contributed by atoms with van der Waals surface area (Å²) in [5, 5.41) is 2.56. The molecule has 0 saturated carbocycles. The van der Waals surface area contributed by atoms with Gasteiger partial charge in [0, 0.05) is 47.6 Å². The van der Waals surface area contributed by atoms with Crippen molar-refractivity contribution < 1.29 is 9.60 Å². The fourth-order valence-corrected chi connectivity index (χ4v) is 9.71. The predicted octanol–water partition coefficient (Wildman–Crippen LogP) is 15.3. The van der Waals surface area contributed by atoms with Gasteiger partial charge in [0.05, 0.1) is 26.3 Å². The van der Waals surface area contributed by atoms with Crippen molar-refractivity contribution >= 4 is 53.3 Å². The zero-order valence-electron chi connectivity index (χ0n) is 39.9. The van der Waals surface area contributed by atoms with Gasteiger partial charge in [-0.25, -0.2) is 15.0 Å². The molecule has 9 aromatic carbocycles. The smallest absolute Gasteiger partial charge is 0.166 e. The van der Waals surface area contributed by atoms with Crippen LogP contribution < -0.4 is 0 Å². The van der Waals surface area contributed by atoms with Crippen LogP contribution in [-0.4, -0.2) is 19.5 Å². The van der Waals surface area contributed by atoms with E-state index >= 15 is 0 Å². The maximum Gasteiger partial charge on any atom is 0.166 e. The molecule has 0 aliphatic carbocycles. The van der Waals surface area contributed by atoms with Crippen molar-refractivity contribution in [1.29, 1.82) is 0 Å². The van der Waals surface area contributed by atoms with Gasteiger partial charge in [0.1, 0.15) is 0 Å². The Balaban J connectivity index is 1.14. The molecule has 0 unspecified atom stereocenters. The van der Waals surface area contributed by atoms with Crippen LogP contribution in [0.25, 0.3) is 115 Å². The van der Waals surface area contributed by atoms with Crippen molar-refractivity contribution in [2.24, 2.45) is 0 Å². The van der Waals surface area contributed by atoms with Gasteiger partial charge in [-0.1, -0.05) is 164 Å². The third-order valence-electron chi connectivity index (χ3n) is 11.3. The van der Waals surface area contributed by atoms with Crippen LogP contribution in [0.5, 0.6) is 0 Å². The lowest BCUT2D eigenvalue weighted by molar-refractivity contribution is 1.06. The first-order valence-corrected chi connectivity index (χ1v) is 21.1. The van der Waals surface area contributed by atoms with Crippen LogP contribution in [-0.2, 0) is 0 Å². The molecule has 0 aliphatic rings. The third kappa shape index (κ3) is 6.18. The lowest BCUT2D eigenvalue weighted by atomic mass is 9.96. The third-order valence-corrected chi connectivity index (χ3v) is 12.6. The summed E-state index contributed by atoms with van der Waals surface area (Å²) >= 11 is 1.76. The lowest BCUT2D eigenvalue weighted by Gasteiger charge is -2.15. The highest BCUT2D eigenvalue weighted by molar-refractivity contribution is 7.26. The van der Waals surface area contributed by atoms with Crippen LogP contribution in [0, 0.1) is 0 Å². The van der Waals surface area contributed by atoms with Crippen molar-refractivity contribution in [3.8, 4) is 73.2 Å². The van der Waals surface area contributed by atoms with Crippen molar-refractivity contribution in [1.82, 2.24) is 19.5 Å². The Morgan fingerprint density at radius 2 is 0.919 bits per heavy atom. The Morgan fingerprint density at radius 3 is 1.73 bits per heavy atom. The van der Waals surface area contributed by atoms with E-state index in [-0.39, 0.29) is 57.8 Å². The highest BCUT2D eigenvalue weighted by Gasteiger charge is 2.20. The van der Waals surface area contributed by atoms with Gasteiger partial charge >= 0.3 is 0 Å². The lowest BCUT2D eigenvalue weighted by Crippen LogP contribution is -2.04. The molecule has 290 valence electrons. The van der Waals surface area contributed by atoms with Gasteiger partial charge in [-0.3, -0.25) is 0 Å². The molecular weight excluding hydrogens is 773 g/mol. The zero-order chi connectivity index (χ0) is 47.1. The first-order chi connectivity index (χ1) is 33.6. The van der Waals surface area contributed by atoms with Gasteiger partial charge in [0.2, 0.25) is 0 Å². The molecular formula is C57H36N4S. The van der Waals surface area contributed by atoms with Gasteiger partial charge in [-0.15, -0.1) is 11.3 Å². The number of thiophene rings is 1. The Morgan fingerprint density at radius 1 is 0.371 bits per heavy atom. The van der Waals surface area contributed by atoms with Gasteiger partial charge in [-0.05, 0) is 87.9 Å². The molecule has 0 bridgehead atoms. The fraction of sp³-hybridized carbons (Fsp3) is 0. The van der Waals surface area contributed by atoms with Gasteiger partial charge in [0.25, 0.3) is 0 Å². The Kier molecular flexibility index (Phi) is 7.05. The topological polar surface area (TPSA) is 43.6 Å². The number of aromatic nitrogens is 4. The molecule has 0 atom stereocenters. The molecule has 12 aromatic rings. The maximum absolute atomic E-state index is 9.24. The molecule has 0 N–H and O–H groups in total. The summed E-state index contributed by atoms with van der Waals surface area (Å²) in [7, 11) is 0. The van der Waals surface area contributed by atoms with Crippen LogP contribution >= 0.6 is 11.3 Å². The van der Waals surface area contributed by atoms with E-state index in [0.717, 1.165) is 44.5 Å². The summed E-state index contributed by atoms with van der Waals surface area (Å²) < 4.78 is 66.5. The van der Waals surface area contributed by atoms with Crippen molar-refractivity contribution in [2.45, 2.75) is 0 Å². The minimum absolute atomic E-state index is 0.0621. The number of rotatable bonds is 7. The maximum atomic E-state index is 9.24. The Bertz CT molecular complexity index is 4000. The van der Waals surface area contributed by atoms with E-state index in [0.29, 0.717) is 22.9 Å². The van der Waals surface area contributed by atoms with Crippen molar-refractivity contribution in [3.63, 3.8) is 0 Å². The number of para-hydroxylation sites is 3. The highest BCUT2D eigenvalue weighted by atomic mass is 32.1. The van der Waals surface area contributed by atoms with Crippen LogP contribution in [0.2, 0.25) is 0 Å². The number of hydrogen-bond acceptors (Lipinski definition) is 4. The van der Waals surface area contributed by atoms with Crippen LogP contribution in [0.15, 0.2) is 218 Å². The first-order valence-electron chi connectivity index (χ1n) is 23.8. The summed E-state index contributed by atoms with van der Waals surface area (Å²) in [5.41, 5.74) is 8.71. The van der Waals surface area contributed by atoms with E-state index in [1.165, 1.54) is 26.2 Å². The van der Waals surface area contributed by atoms with E-state index in [1.54, 1.807) is 22.0 Å². The summed E-state index contributed by atoms with van der Waals surface area (Å²) in [6, 6.07) is 56.1. The molecule has 0 saturated heterocycles. The average molecular weight is 816 g/mol. The Hall–Kier alpha value is -7.99. The molecule has 12 rings (SSSR count). The second-order valence-electron chi connectivity index (χ2n) is 15.1. The first kappa shape index (κ1) is 29.3. The predicted molar refractivity (Wildman–Crippen MR) is 260 cm³/mol. The second kappa shape index (κ2) is 14.9. The molecule has 4 nitrogen and oxygen atoms in total. The van der Waals surface area contributed by atoms with Crippen molar-refractivity contribution in [3.05, 3.63) is 218 Å². The number of nitrogens with zero attached hydrogens (tertiary/aromatic N) is 4. The number of hydrogen-bond donors (Lipinski definition) is 0. The molecule has 0 spiro atoms.